The molecule has 5 heteroatoms. The van der Waals surface area contributed by atoms with E-state index in [9.17, 15) is 0 Å². The molecular formula is C50H43N5. The summed E-state index contributed by atoms with van der Waals surface area (Å²) in [7, 11) is 0. The Morgan fingerprint density at radius 3 is 1.09 bits per heavy atom. The van der Waals surface area contributed by atoms with Crippen molar-refractivity contribution in [3.63, 3.8) is 0 Å². The van der Waals surface area contributed by atoms with E-state index in [1.54, 1.807) is 0 Å². The highest BCUT2D eigenvalue weighted by molar-refractivity contribution is 5.84. The lowest BCUT2D eigenvalue weighted by molar-refractivity contribution is 1.09. The fourth-order valence-corrected chi connectivity index (χ4v) is 6.31. The van der Waals surface area contributed by atoms with Crippen LogP contribution in [0.3, 0.4) is 0 Å². The summed E-state index contributed by atoms with van der Waals surface area (Å²) in [5.41, 5.74) is 11.9. The number of nitrogens with zero attached hydrogens (tertiary/aromatic N) is 5. The Balaban J connectivity index is 1.09. The molecule has 7 rings (SSSR count). The first-order valence-electron chi connectivity index (χ1n) is 18.4. The van der Waals surface area contributed by atoms with Crippen LogP contribution in [0.5, 0.6) is 0 Å². The Morgan fingerprint density at radius 1 is 0.382 bits per heavy atom. The first-order valence-corrected chi connectivity index (χ1v) is 18.4. The molecule has 0 atom stereocenters. The number of hydrogen-bond acceptors (Lipinski definition) is 5. The van der Waals surface area contributed by atoms with Crippen LogP contribution in [0.15, 0.2) is 210 Å². The van der Waals surface area contributed by atoms with Crippen molar-refractivity contribution < 1.29 is 0 Å². The van der Waals surface area contributed by atoms with Crippen molar-refractivity contribution in [3.05, 3.63) is 222 Å². The van der Waals surface area contributed by atoms with Crippen molar-refractivity contribution in [1.82, 2.24) is 0 Å². The fourth-order valence-electron chi connectivity index (χ4n) is 6.31. The molecule has 0 spiro atoms. The van der Waals surface area contributed by atoms with Crippen LogP contribution in [0.4, 0.5) is 39.8 Å². The van der Waals surface area contributed by atoms with Crippen molar-refractivity contribution >= 4 is 64.4 Å². The third-order valence-corrected chi connectivity index (χ3v) is 9.01. The Kier molecular flexibility index (Phi) is 11.8. The summed E-state index contributed by atoms with van der Waals surface area (Å²) in [6.45, 7) is 4.30. The van der Waals surface area contributed by atoms with Gasteiger partial charge in [0, 0.05) is 29.5 Å². The molecule has 7 aromatic rings. The lowest BCUT2D eigenvalue weighted by Gasteiger charge is -2.27. The molecule has 0 aliphatic carbocycles. The Bertz CT molecular complexity index is 2140. The number of allylic oxidation sites excluding steroid dienone is 2. The van der Waals surface area contributed by atoms with Crippen LogP contribution in [0, 0.1) is 13.8 Å². The van der Waals surface area contributed by atoms with Gasteiger partial charge >= 0.3 is 0 Å². The minimum Gasteiger partial charge on any atom is -0.310 e. The molecule has 0 amide bonds. The number of benzene rings is 7. The van der Waals surface area contributed by atoms with Crippen LogP contribution >= 0.6 is 0 Å². The van der Waals surface area contributed by atoms with Gasteiger partial charge in [-0.2, -0.15) is 10.2 Å². The van der Waals surface area contributed by atoms with E-state index in [1.807, 2.05) is 107 Å². The van der Waals surface area contributed by atoms with Crippen LogP contribution in [-0.4, -0.2) is 12.4 Å². The van der Waals surface area contributed by atoms with E-state index in [-0.39, 0.29) is 0 Å². The van der Waals surface area contributed by atoms with E-state index in [1.165, 1.54) is 11.1 Å². The van der Waals surface area contributed by atoms with Crippen molar-refractivity contribution in [1.29, 1.82) is 0 Å². The topological polar surface area (TPSA) is 34.4 Å². The molecule has 55 heavy (non-hydrogen) atoms. The second-order valence-electron chi connectivity index (χ2n) is 13.0. The molecule has 0 aliphatic heterocycles. The second kappa shape index (κ2) is 18.0. The first-order chi connectivity index (χ1) is 27.1. The van der Waals surface area contributed by atoms with Gasteiger partial charge in [0.1, 0.15) is 0 Å². The highest BCUT2D eigenvalue weighted by Gasteiger charge is 2.15. The smallest absolute Gasteiger partial charge is 0.0652 e. The van der Waals surface area contributed by atoms with Gasteiger partial charge in [-0.3, -0.25) is 0 Å². The van der Waals surface area contributed by atoms with E-state index in [0.717, 1.165) is 50.9 Å². The quantitative estimate of drug-likeness (QED) is 0.0881. The average Bonchev–Trinajstić information content (AvgIpc) is 3.24. The average molecular weight is 714 g/mol. The maximum atomic E-state index is 4.78. The second-order valence-corrected chi connectivity index (χ2v) is 13.0. The fraction of sp³-hybridized carbons (Fsp3) is 0.0400. The lowest BCUT2D eigenvalue weighted by Crippen LogP contribution is -2.11. The molecule has 0 unspecified atom stereocenters. The van der Waals surface area contributed by atoms with E-state index in [2.05, 4.69) is 146 Å². The standard InChI is InChI=1S/C50H43N5/c1-40-27-36-50(41(2)39-40)53(44-32-28-42(29-33-44)17-15-37-51-54(46-19-7-3-8-20-46)47-21-9-4-10-22-47)45-34-30-43(31-35-45)18-16-38-52-55(48-23-11-5-12-24-48)49-25-13-6-14-26-49/h3-39H,1-2H3/b17-15+,18-16+,51-37+,52-38+. The molecule has 5 nitrogen and oxygen atoms in total. The predicted molar refractivity (Wildman–Crippen MR) is 236 cm³/mol. The van der Waals surface area contributed by atoms with Crippen LogP contribution in [0.1, 0.15) is 22.3 Å². The molecule has 0 N–H and O–H groups in total. The molecule has 268 valence electrons. The van der Waals surface area contributed by atoms with E-state index >= 15 is 0 Å². The third kappa shape index (κ3) is 9.41. The zero-order chi connectivity index (χ0) is 37.7. The summed E-state index contributed by atoms with van der Waals surface area (Å²) in [6, 6.07) is 64.6. The zero-order valence-corrected chi connectivity index (χ0v) is 31.1. The van der Waals surface area contributed by atoms with Gasteiger partial charge in [-0.1, -0.05) is 127 Å². The summed E-state index contributed by atoms with van der Waals surface area (Å²) in [5.74, 6) is 0. The van der Waals surface area contributed by atoms with Crippen LogP contribution in [0.25, 0.3) is 12.2 Å². The predicted octanol–water partition coefficient (Wildman–Crippen LogP) is 13.4. The summed E-state index contributed by atoms with van der Waals surface area (Å²) in [5, 5.41) is 13.4. The number of hydrogen-bond donors (Lipinski definition) is 0. The van der Waals surface area contributed by atoms with Gasteiger partial charge in [0.15, 0.2) is 0 Å². The number of hydrazone groups is 2. The molecule has 0 aromatic heterocycles. The van der Waals surface area contributed by atoms with Crippen molar-refractivity contribution in [3.8, 4) is 0 Å². The van der Waals surface area contributed by atoms with Gasteiger partial charge in [0.2, 0.25) is 0 Å². The van der Waals surface area contributed by atoms with E-state index in [0.29, 0.717) is 0 Å². The normalized spacial score (nSPS) is 11.5. The summed E-state index contributed by atoms with van der Waals surface area (Å²) < 4.78 is 0. The van der Waals surface area contributed by atoms with Gasteiger partial charge in [-0.05, 0) is 122 Å². The maximum Gasteiger partial charge on any atom is 0.0652 e. The largest absolute Gasteiger partial charge is 0.310 e. The highest BCUT2D eigenvalue weighted by Crippen LogP contribution is 2.37. The van der Waals surface area contributed by atoms with E-state index in [4.69, 9.17) is 10.2 Å². The molecule has 0 fully saturated rings. The molecular weight excluding hydrogens is 671 g/mol. The van der Waals surface area contributed by atoms with Crippen LogP contribution in [-0.2, 0) is 0 Å². The minimum absolute atomic E-state index is 1.00. The monoisotopic (exact) mass is 713 g/mol. The lowest BCUT2D eigenvalue weighted by atomic mass is 10.1. The number of aryl methyl sites for hydroxylation is 2. The van der Waals surface area contributed by atoms with E-state index < -0.39 is 0 Å². The van der Waals surface area contributed by atoms with Gasteiger partial charge in [-0.15, -0.1) is 0 Å². The summed E-state index contributed by atoms with van der Waals surface area (Å²) in [6.07, 6.45) is 11.8. The molecule has 0 heterocycles. The van der Waals surface area contributed by atoms with Crippen molar-refractivity contribution in [2.75, 3.05) is 14.9 Å². The highest BCUT2D eigenvalue weighted by atomic mass is 15.5. The third-order valence-electron chi connectivity index (χ3n) is 9.01. The first kappa shape index (κ1) is 36.1. The molecule has 0 bridgehead atoms. The number of rotatable bonds is 13. The van der Waals surface area contributed by atoms with Gasteiger partial charge < -0.3 is 4.90 Å². The maximum absolute atomic E-state index is 4.78. The molecule has 0 radical (unpaired) electrons. The number of para-hydroxylation sites is 4. The molecule has 0 saturated carbocycles. The SMILES string of the molecule is Cc1ccc(N(c2ccc(/C=C/C=N/N(c3ccccc3)c3ccccc3)cc2)c2ccc(/C=C/C=N/N(c3ccccc3)c3ccccc3)cc2)c(C)c1. The van der Waals surface area contributed by atoms with Gasteiger partial charge in [0.25, 0.3) is 0 Å². The Labute approximate surface area is 324 Å². The summed E-state index contributed by atoms with van der Waals surface area (Å²) in [4.78, 5) is 2.31. The Hall–Kier alpha value is -7.24. The number of anilines is 7. The minimum atomic E-state index is 1.00. The zero-order valence-electron chi connectivity index (χ0n) is 31.1. The molecule has 7 aromatic carbocycles. The van der Waals surface area contributed by atoms with Crippen molar-refractivity contribution in [2.24, 2.45) is 10.2 Å². The van der Waals surface area contributed by atoms with Crippen LogP contribution < -0.4 is 14.9 Å². The van der Waals surface area contributed by atoms with Crippen LogP contribution in [0.2, 0.25) is 0 Å². The molecule has 0 saturated heterocycles. The van der Waals surface area contributed by atoms with Gasteiger partial charge in [-0.25, -0.2) is 10.0 Å². The van der Waals surface area contributed by atoms with Crippen molar-refractivity contribution in [2.45, 2.75) is 13.8 Å². The van der Waals surface area contributed by atoms with Gasteiger partial charge in [0.05, 0.1) is 22.7 Å². The molecule has 0 aliphatic rings. The Morgan fingerprint density at radius 2 is 0.745 bits per heavy atom. The summed E-state index contributed by atoms with van der Waals surface area (Å²) >= 11 is 0.